The van der Waals surface area contributed by atoms with E-state index in [2.05, 4.69) is 20.7 Å². The average molecular weight is 427 g/mol. The fourth-order valence-electron chi connectivity index (χ4n) is 3.24. The maximum atomic E-state index is 11.4. The van der Waals surface area contributed by atoms with Crippen molar-refractivity contribution in [1.82, 2.24) is 0 Å². The highest BCUT2D eigenvalue weighted by molar-refractivity contribution is 9.10. The van der Waals surface area contributed by atoms with E-state index in [0.29, 0.717) is 12.8 Å². The van der Waals surface area contributed by atoms with Crippen molar-refractivity contribution in [3.63, 3.8) is 0 Å². The highest BCUT2D eigenvalue weighted by atomic mass is 79.9. The minimum atomic E-state index is -0.378. The Morgan fingerprint density at radius 1 is 0.926 bits per heavy atom. The van der Waals surface area contributed by atoms with E-state index in [1.54, 1.807) is 6.08 Å². The molecule has 27 heavy (non-hydrogen) atoms. The Bertz CT molecular complexity index is 943. The maximum absolute atomic E-state index is 11.4. The lowest BCUT2D eigenvalue weighted by atomic mass is 10.1. The number of Topliss-reactive ketones (excluding diaryl/α,β-unsaturated/α-hetero) is 2. The smallest absolute Gasteiger partial charge is 0.330 e. The zero-order valence-electron chi connectivity index (χ0n) is 15.0. The zero-order valence-corrected chi connectivity index (χ0v) is 16.5. The van der Waals surface area contributed by atoms with Gasteiger partial charge in [-0.2, -0.15) is 0 Å². The van der Waals surface area contributed by atoms with Crippen LogP contribution in [0.3, 0.4) is 0 Å². The number of aryl methyl sites for hydroxylation is 2. The number of ketones is 2. The maximum Gasteiger partial charge on any atom is 0.330 e. The fourth-order valence-corrected chi connectivity index (χ4v) is 3.64. The van der Waals surface area contributed by atoms with Gasteiger partial charge in [-0.15, -0.1) is 0 Å². The van der Waals surface area contributed by atoms with E-state index in [0.717, 1.165) is 39.6 Å². The Morgan fingerprint density at radius 3 is 2.15 bits per heavy atom. The van der Waals surface area contributed by atoms with E-state index in [9.17, 15) is 14.4 Å². The van der Waals surface area contributed by atoms with E-state index in [-0.39, 0.29) is 17.5 Å². The summed E-state index contributed by atoms with van der Waals surface area (Å²) in [7, 11) is 1.34. The molecule has 138 valence electrons. The first-order chi connectivity index (χ1) is 13.0. The number of halogens is 1. The molecule has 0 aliphatic heterocycles. The summed E-state index contributed by atoms with van der Waals surface area (Å²) in [6.45, 7) is 0. The molecular weight excluding hydrogens is 408 g/mol. The molecule has 2 aromatic rings. The van der Waals surface area contributed by atoms with Crippen LogP contribution >= 0.6 is 15.9 Å². The number of methoxy groups -OCH3 is 1. The Morgan fingerprint density at radius 2 is 1.52 bits per heavy atom. The summed E-state index contributed by atoms with van der Waals surface area (Å²) < 4.78 is 5.56. The zero-order chi connectivity index (χ0) is 19.4. The Hall–Kier alpha value is -2.53. The van der Waals surface area contributed by atoms with Gasteiger partial charge in [-0.25, -0.2) is 4.79 Å². The van der Waals surface area contributed by atoms with Crippen molar-refractivity contribution in [2.75, 3.05) is 7.11 Å². The van der Waals surface area contributed by atoms with Gasteiger partial charge in [0.1, 0.15) is 0 Å². The van der Waals surface area contributed by atoms with E-state index < -0.39 is 0 Å². The lowest BCUT2D eigenvalue weighted by Gasteiger charge is -1.99. The topological polar surface area (TPSA) is 60.4 Å². The summed E-state index contributed by atoms with van der Waals surface area (Å²) in [6, 6.07) is 11.4. The van der Waals surface area contributed by atoms with Crippen LogP contribution in [0, 0.1) is 0 Å². The molecule has 2 aliphatic carbocycles. The second kappa shape index (κ2) is 8.44. The highest BCUT2D eigenvalue weighted by Gasteiger charge is 2.19. The SMILES string of the molecule is COC(=O)/C=C/c1ccc2c(c1)CCC2=O.O=C1CCc2cc(Br)ccc21. The number of rotatable bonds is 2. The molecule has 0 fully saturated rings. The lowest BCUT2D eigenvalue weighted by molar-refractivity contribution is -0.134. The third kappa shape index (κ3) is 4.61. The standard InChI is InChI=1S/C13H12O3.C9H7BrO/c1-16-13(15)7-3-9-2-5-11-10(8-9)4-6-12(11)14;10-7-2-3-8-6(5-7)1-4-9(8)11/h2-3,5,7-8H,4,6H2,1H3;2-3,5H,1,4H2/b7-3+;. The van der Waals surface area contributed by atoms with Gasteiger partial charge >= 0.3 is 5.97 Å². The second-order valence-electron chi connectivity index (χ2n) is 6.42. The number of carbonyl (C=O) groups excluding carboxylic acids is 3. The van der Waals surface area contributed by atoms with Crippen LogP contribution in [0.5, 0.6) is 0 Å². The Kier molecular flexibility index (Phi) is 6.01. The van der Waals surface area contributed by atoms with E-state index >= 15 is 0 Å². The van der Waals surface area contributed by atoms with Gasteiger partial charge in [0.15, 0.2) is 11.6 Å². The minimum Gasteiger partial charge on any atom is -0.466 e. The van der Waals surface area contributed by atoms with Crippen LogP contribution in [0.15, 0.2) is 46.9 Å². The molecule has 0 unspecified atom stereocenters. The normalized spacial score (nSPS) is 14.6. The molecule has 0 spiro atoms. The number of ether oxygens (including phenoxy) is 1. The summed E-state index contributed by atoms with van der Waals surface area (Å²) in [6.07, 6.45) is 6.06. The first-order valence-corrected chi connectivity index (χ1v) is 9.51. The van der Waals surface area contributed by atoms with Crippen LogP contribution < -0.4 is 0 Å². The van der Waals surface area contributed by atoms with Gasteiger partial charge in [0.05, 0.1) is 7.11 Å². The van der Waals surface area contributed by atoms with Crippen LogP contribution in [0.4, 0.5) is 0 Å². The van der Waals surface area contributed by atoms with Crippen molar-refractivity contribution in [3.8, 4) is 0 Å². The quantitative estimate of drug-likeness (QED) is 0.520. The van der Waals surface area contributed by atoms with Crippen molar-refractivity contribution in [2.45, 2.75) is 25.7 Å². The Labute approximate surface area is 166 Å². The summed E-state index contributed by atoms with van der Waals surface area (Å²) in [5.41, 5.74) is 4.89. The summed E-state index contributed by atoms with van der Waals surface area (Å²) in [5, 5.41) is 0. The van der Waals surface area contributed by atoms with Crippen LogP contribution in [-0.4, -0.2) is 24.6 Å². The van der Waals surface area contributed by atoms with Crippen molar-refractivity contribution in [2.24, 2.45) is 0 Å². The van der Waals surface area contributed by atoms with Crippen molar-refractivity contribution >= 4 is 39.5 Å². The van der Waals surface area contributed by atoms with Crippen molar-refractivity contribution in [1.29, 1.82) is 0 Å². The summed E-state index contributed by atoms with van der Waals surface area (Å²) >= 11 is 3.37. The summed E-state index contributed by atoms with van der Waals surface area (Å²) in [4.78, 5) is 33.5. The fraction of sp³-hybridized carbons (Fsp3) is 0.227. The van der Waals surface area contributed by atoms with Crippen LogP contribution in [-0.2, 0) is 22.4 Å². The predicted molar refractivity (Wildman–Crippen MR) is 107 cm³/mol. The van der Waals surface area contributed by atoms with Gasteiger partial charge in [-0.3, -0.25) is 9.59 Å². The number of hydrogen-bond donors (Lipinski definition) is 0. The number of hydrogen-bond acceptors (Lipinski definition) is 4. The number of esters is 1. The van der Waals surface area contributed by atoms with E-state index in [1.807, 2.05) is 36.4 Å². The highest BCUT2D eigenvalue weighted by Crippen LogP contribution is 2.25. The molecule has 0 bridgehead atoms. The third-order valence-electron chi connectivity index (χ3n) is 4.65. The molecule has 2 aliphatic rings. The van der Waals surface area contributed by atoms with Gasteiger partial charge in [0.2, 0.25) is 0 Å². The second-order valence-corrected chi connectivity index (χ2v) is 7.34. The molecule has 0 atom stereocenters. The number of benzene rings is 2. The average Bonchev–Trinajstić information content (AvgIpc) is 3.22. The molecule has 0 heterocycles. The molecular formula is C22H19BrO4. The predicted octanol–water partition coefficient (Wildman–Crippen LogP) is 4.58. The molecule has 4 rings (SSSR count). The lowest BCUT2D eigenvalue weighted by Crippen LogP contribution is -1.94. The molecule has 0 amide bonds. The summed E-state index contributed by atoms with van der Waals surface area (Å²) in [5.74, 6) is 0.113. The molecule has 0 radical (unpaired) electrons. The monoisotopic (exact) mass is 426 g/mol. The van der Waals surface area contributed by atoms with E-state index in [4.69, 9.17) is 0 Å². The van der Waals surface area contributed by atoms with E-state index in [1.165, 1.54) is 18.7 Å². The molecule has 2 aromatic carbocycles. The Balaban J connectivity index is 0.000000166. The molecule has 0 aromatic heterocycles. The van der Waals surface area contributed by atoms with Gasteiger partial charge in [-0.1, -0.05) is 40.2 Å². The molecule has 5 heteroatoms. The largest absolute Gasteiger partial charge is 0.466 e. The van der Waals surface area contributed by atoms with Gasteiger partial charge in [0, 0.05) is 34.5 Å². The van der Waals surface area contributed by atoms with Crippen LogP contribution in [0.2, 0.25) is 0 Å². The van der Waals surface area contributed by atoms with Crippen LogP contribution in [0.1, 0.15) is 50.2 Å². The first-order valence-electron chi connectivity index (χ1n) is 8.71. The van der Waals surface area contributed by atoms with Gasteiger partial charge < -0.3 is 4.74 Å². The minimum absolute atomic E-state index is 0.207. The molecule has 0 N–H and O–H groups in total. The van der Waals surface area contributed by atoms with Gasteiger partial charge in [-0.05, 0) is 47.7 Å². The van der Waals surface area contributed by atoms with Gasteiger partial charge in [0.25, 0.3) is 0 Å². The van der Waals surface area contributed by atoms with Crippen molar-refractivity contribution in [3.05, 3.63) is 74.8 Å². The molecule has 4 nitrogen and oxygen atoms in total. The number of carbonyl (C=O) groups is 3. The van der Waals surface area contributed by atoms with Crippen molar-refractivity contribution < 1.29 is 19.1 Å². The van der Waals surface area contributed by atoms with Crippen LogP contribution in [0.25, 0.3) is 6.08 Å². The number of fused-ring (bicyclic) bond motifs is 2. The molecule has 0 saturated carbocycles. The third-order valence-corrected chi connectivity index (χ3v) is 5.15. The molecule has 0 saturated heterocycles. The first kappa shape index (κ1) is 19.2.